The fourth-order valence-electron chi connectivity index (χ4n) is 3.09. The number of benzene rings is 1. The molecule has 0 saturated carbocycles. The average molecular weight is 400 g/mol. The lowest BCUT2D eigenvalue weighted by Crippen LogP contribution is -2.33. The van der Waals surface area contributed by atoms with Crippen molar-refractivity contribution in [3.8, 4) is 0 Å². The normalized spacial score (nSPS) is 10.9. The Labute approximate surface area is 168 Å². The van der Waals surface area contributed by atoms with Crippen molar-refractivity contribution in [3.63, 3.8) is 0 Å². The number of nitrogens with one attached hydrogen (secondary N) is 2. The first-order valence-electron chi connectivity index (χ1n) is 8.97. The first-order valence-corrected chi connectivity index (χ1v) is 9.35. The summed E-state index contributed by atoms with van der Waals surface area (Å²) in [6.07, 6.45) is 2.20. The van der Waals surface area contributed by atoms with E-state index in [1.165, 1.54) is 13.1 Å². The molecule has 3 aromatic rings. The van der Waals surface area contributed by atoms with E-state index < -0.39 is 0 Å². The summed E-state index contributed by atoms with van der Waals surface area (Å²) >= 11 is 6.09. The van der Waals surface area contributed by atoms with Crippen LogP contribution in [0.15, 0.2) is 30.5 Å². The molecule has 0 unspecified atom stereocenters. The number of carbonyl (C=O) groups excluding carboxylic acids is 2. The minimum Gasteiger partial charge on any atom is -0.355 e. The van der Waals surface area contributed by atoms with Gasteiger partial charge in [0.15, 0.2) is 5.65 Å². The van der Waals surface area contributed by atoms with Gasteiger partial charge in [0.2, 0.25) is 5.91 Å². The van der Waals surface area contributed by atoms with E-state index in [2.05, 4.69) is 20.7 Å². The summed E-state index contributed by atoms with van der Waals surface area (Å²) in [6.45, 7) is 6.03. The van der Waals surface area contributed by atoms with Crippen molar-refractivity contribution in [1.29, 1.82) is 0 Å². The third kappa shape index (κ3) is 4.31. The van der Waals surface area contributed by atoms with Gasteiger partial charge in [-0.25, -0.2) is 9.50 Å². The molecule has 0 aliphatic carbocycles. The Balaban J connectivity index is 1.85. The van der Waals surface area contributed by atoms with E-state index in [4.69, 9.17) is 11.6 Å². The molecular weight excluding hydrogens is 378 g/mol. The lowest BCUT2D eigenvalue weighted by Gasteiger charge is -2.12. The summed E-state index contributed by atoms with van der Waals surface area (Å²) in [7, 11) is 0. The molecule has 0 radical (unpaired) electrons. The molecule has 28 heavy (non-hydrogen) atoms. The van der Waals surface area contributed by atoms with E-state index in [9.17, 15) is 9.59 Å². The zero-order chi connectivity index (χ0) is 20.3. The van der Waals surface area contributed by atoms with Gasteiger partial charge in [0.1, 0.15) is 5.56 Å². The first-order chi connectivity index (χ1) is 13.4. The second-order valence-corrected chi connectivity index (χ2v) is 7.04. The zero-order valence-corrected chi connectivity index (χ0v) is 16.8. The van der Waals surface area contributed by atoms with Crippen LogP contribution in [0.25, 0.3) is 5.65 Å². The minimum atomic E-state index is -0.269. The number of rotatable bonds is 6. The highest BCUT2D eigenvalue weighted by atomic mass is 35.5. The highest BCUT2D eigenvalue weighted by Crippen LogP contribution is 2.21. The molecule has 8 heteroatoms. The van der Waals surface area contributed by atoms with Gasteiger partial charge in [0.05, 0.1) is 6.20 Å². The Morgan fingerprint density at radius 1 is 1.18 bits per heavy atom. The first kappa shape index (κ1) is 19.8. The zero-order valence-electron chi connectivity index (χ0n) is 16.0. The lowest BCUT2D eigenvalue weighted by atomic mass is 10.0. The van der Waals surface area contributed by atoms with Crippen molar-refractivity contribution < 1.29 is 9.59 Å². The van der Waals surface area contributed by atoms with Crippen molar-refractivity contribution in [2.45, 2.75) is 27.2 Å². The lowest BCUT2D eigenvalue weighted by molar-refractivity contribution is -0.118. The predicted octanol–water partition coefficient (Wildman–Crippen LogP) is 2.46. The maximum absolute atomic E-state index is 12.5. The summed E-state index contributed by atoms with van der Waals surface area (Å²) in [4.78, 5) is 28.0. The highest BCUT2D eigenvalue weighted by Gasteiger charge is 2.18. The predicted molar refractivity (Wildman–Crippen MR) is 108 cm³/mol. The summed E-state index contributed by atoms with van der Waals surface area (Å²) in [5.41, 5.74) is 4.83. The van der Waals surface area contributed by atoms with Crippen molar-refractivity contribution in [2.24, 2.45) is 0 Å². The molecule has 3 rings (SSSR count). The molecule has 0 saturated heterocycles. The van der Waals surface area contributed by atoms with Crippen molar-refractivity contribution in [3.05, 3.63) is 63.6 Å². The second kappa shape index (κ2) is 8.39. The molecule has 0 fully saturated rings. The van der Waals surface area contributed by atoms with Gasteiger partial charge in [-0.2, -0.15) is 5.10 Å². The van der Waals surface area contributed by atoms with Gasteiger partial charge in [0.25, 0.3) is 5.91 Å². The second-order valence-electron chi connectivity index (χ2n) is 6.60. The molecule has 0 atom stereocenters. The van der Waals surface area contributed by atoms with Crippen LogP contribution in [0.4, 0.5) is 0 Å². The molecule has 2 amide bonds. The van der Waals surface area contributed by atoms with Crippen LogP contribution in [-0.2, 0) is 11.2 Å². The summed E-state index contributed by atoms with van der Waals surface area (Å²) in [6, 6.07) is 7.72. The summed E-state index contributed by atoms with van der Waals surface area (Å²) < 4.78 is 1.69. The Bertz CT molecular complexity index is 1040. The fraction of sp³-hybridized carbons (Fsp3) is 0.300. The van der Waals surface area contributed by atoms with Gasteiger partial charge < -0.3 is 10.6 Å². The number of aromatic nitrogens is 3. The number of aryl methyl sites for hydroxylation is 2. The van der Waals surface area contributed by atoms with Gasteiger partial charge >= 0.3 is 0 Å². The molecule has 146 valence electrons. The van der Waals surface area contributed by atoms with Crippen molar-refractivity contribution in [1.82, 2.24) is 25.2 Å². The Morgan fingerprint density at radius 3 is 2.64 bits per heavy atom. The van der Waals surface area contributed by atoms with Gasteiger partial charge in [-0.3, -0.25) is 9.59 Å². The van der Waals surface area contributed by atoms with E-state index in [1.54, 1.807) is 4.52 Å². The Hall–Kier alpha value is -2.93. The summed E-state index contributed by atoms with van der Waals surface area (Å²) in [5.74, 6) is -0.403. The van der Waals surface area contributed by atoms with Gasteiger partial charge in [-0.05, 0) is 37.1 Å². The molecule has 7 nitrogen and oxygen atoms in total. The summed E-state index contributed by atoms with van der Waals surface area (Å²) in [5, 5.41) is 10.5. The Morgan fingerprint density at radius 2 is 1.93 bits per heavy atom. The van der Waals surface area contributed by atoms with Crippen LogP contribution in [0.2, 0.25) is 5.02 Å². The number of amides is 2. The van der Waals surface area contributed by atoms with Crippen LogP contribution in [0.5, 0.6) is 0 Å². The van der Waals surface area contributed by atoms with E-state index >= 15 is 0 Å². The van der Waals surface area contributed by atoms with E-state index in [-0.39, 0.29) is 11.8 Å². The molecule has 0 aliphatic heterocycles. The molecule has 2 N–H and O–H groups in total. The topological polar surface area (TPSA) is 88.4 Å². The molecule has 2 aromatic heterocycles. The monoisotopic (exact) mass is 399 g/mol. The van der Waals surface area contributed by atoms with Gasteiger partial charge in [-0.15, -0.1) is 0 Å². The quantitative estimate of drug-likeness (QED) is 0.623. The number of nitrogens with zero attached hydrogens (tertiary/aromatic N) is 3. The van der Waals surface area contributed by atoms with Crippen molar-refractivity contribution >= 4 is 29.1 Å². The minimum absolute atomic E-state index is 0.134. The molecule has 1 aromatic carbocycles. The third-order valence-corrected chi connectivity index (χ3v) is 4.74. The maximum atomic E-state index is 12.5. The number of hydrogen-bond acceptors (Lipinski definition) is 4. The van der Waals surface area contributed by atoms with Crippen molar-refractivity contribution in [2.75, 3.05) is 13.1 Å². The number of halogens is 1. The number of fused-ring (bicyclic) bond motifs is 1. The van der Waals surface area contributed by atoms with E-state index in [0.717, 1.165) is 22.5 Å². The Kier molecular flexibility index (Phi) is 5.94. The average Bonchev–Trinajstić information content (AvgIpc) is 3.06. The SMILES string of the molecule is CC(=O)NCCNC(=O)c1cnn2c(C)c(Cc3cccc(Cl)c3)c(C)nc12. The van der Waals surface area contributed by atoms with Crippen LogP contribution >= 0.6 is 11.6 Å². The van der Waals surface area contributed by atoms with Crippen LogP contribution in [0.1, 0.15) is 39.8 Å². The molecule has 2 heterocycles. The van der Waals surface area contributed by atoms with Crippen LogP contribution in [0, 0.1) is 13.8 Å². The largest absolute Gasteiger partial charge is 0.355 e. The molecule has 0 bridgehead atoms. The molecular formula is C20H22ClN5O2. The van der Waals surface area contributed by atoms with Gasteiger partial charge in [-0.1, -0.05) is 23.7 Å². The molecule has 0 aliphatic rings. The maximum Gasteiger partial charge on any atom is 0.256 e. The standard InChI is InChI=1S/C20H22ClN5O2/c1-12-17(10-15-5-4-6-16(21)9-15)13(2)26-19(25-12)18(11-24-26)20(28)23-8-7-22-14(3)27/h4-6,9,11H,7-8,10H2,1-3H3,(H,22,27)(H,23,28). The smallest absolute Gasteiger partial charge is 0.256 e. The number of hydrogen-bond donors (Lipinski definition) is 2. The van der Waals surface area contributed by atoms with E-state index in [1.807, 2.05) is 38.1 Å². The van der Waals surface area contributed by atoms with Gasteiger partial charge in [0, 0.05) is 42.8 Å². The highest BCUT2D eigenvalue weighted by molar-refractivity contribution is 6.30. The van der Waals surface area contributed by atoms with E-state index in [0.29, 0.717) is 35.7 Å². The van der Waals surface area contributed by atoms with Crippen LogP contribution in [0.3, 0.4) is 0 Å². The van der Waals surface area contributed by atoms with Crippen LogP contribution in [-0.4, -0.2) is 39.5 Å². The molecule has 0 spiro atoms. The number of carbonyl (C=O) groups is 2. The third-order valence-electron chi connectivity index (χ3n) is 4.51. The van der Waals surface area contributed by atoms with Crippen LogP contribution < -0.4 is 10.6 Å². The fourth-order valence-corrected chi connectivity index (χ4v) is 3.30.